The summed E-state index contributed by atoms with van der Waals surface area (Å²) in [6.45, 7) is 3.62. The van der Waals surface area contributed by atoms with Crippen LogP contribution in [-0.4, -0.2) is 16.9 Å². The molecule has 0 aromatic heterocycles. The molecule has 2 atom stereocenters. The lowest BCUT2D eigenvalue weighted by atomic mass is 9.94. The molecule has 0 aliphatic heterocycles. The summed E-state index contributed by atoms with van der Waals surface area (Å²) in [6, 6.07) is 14.0. The highest BCUT2D eigenvalue weighted by molar-refractivity contribution is 9.09. The molecule has 0 saturated carbocycles. The molecule has 27 heavy (non-hydrogen) atoms. The summed E-state index contributed by atoms with van der Waals surface area (Å²) in [6.07, 6.45) is 1.25. The first-order chi connectivity index (χ1) is 12.9. The van der Waals surface area contributed by atoms with Crippen molar-refractivity contribution in [2.75, 3.05) is 0 Å². The van der Waals surface area contributed by atoms with Gasteiger partial charge in [0.2, 0.25) is 0 Å². The van der Waals surface area contributed by atoms with Gasteiger partial charge in [0.25, 0.3) is 0 Å². The summed E-state index contributed by atoms with van der Waals surface area (Å²) in [5.74, 6) is -0.983. The van der Waals surface area contributed by atoms with Crippen molar-refractivity contribution in [3.63, 3.8) is 0 Å². The van der Waals surface area contributed by atoms with Crippen molar-refractivity contribution in [1.82, 2.24) is 0 Å². The Labute approximate surface area is 177 Å². The zero-order valence-corrected chi connectivity index (χ0v) is 18.7. The van der Waals surface area contributed by atoms with Gasteiger partial charge >= 0.3 is 5.97 Å². The lowest BCUT2D eigenvalue weighted by molar-refractivity contribution is -0.141. The highest BCUT2D eigenvalue weighted by atomic mass is 79.9. The molecule has 2 unspecified atom stereocenters. The third kappa shape index (κ3) is 5.52. The number of benzene rings is 2. The van der Waals surface area contributed by atoms with Crippen LogP contribution in [0.25, 0.3) is 0 Å². The molecular formula is C22H24Br2O3. The molecule has 0 amide bonds. The maximum Gasteiger partial charge on any atom is 0.306 e. The van der Waals surface area contributed by atoms with Gasteiger partial charge in [-0.05, 0) is 35.1 Å². The molecule has 5 heteroatoms. The van der Waals surface area contributed by atoms with Crippen LogP contribution in [0.15, 0.2) is 42.5 Å². The molecule has 144 valence electrons. The Morgan fingerprint density at radius 3 is 2.15 bits per heavy atom. The van der Waals surface area contributed by atoms with E-state index in [1.165, 1.54) is 11.1 Å². The summed E-state index contributed by atoms with van der Waals surface area (Å²) < 4.78 is 0. The van der Waals surface area contributed by atoms with Crippen molar-refractivity contribution in [1.29, 1.82) is 0 Å². The van der Waals surface area contributed by atoms with Gasteiger partial charge in [-0.3, -0.25) is 9.59 Å². The topological polar surface area (TPSA) is 54.4 Å². The molecule has 0 spiro atoms. The maximum absolute atomic E-state index is 11.9. The van der Waals surface area contributed by atoms with E-state index in [4.69, 9.17) is 5.11 Å². The standard InChI is InChI=1S/C14H16O3.C8H8Br2/c1-8-7-12-10(6-9(2)14(16)17)4-3-5-11(12)13(8)15;9-5-7-3-1-2-4-8(7)6-10/h3-5,8-9H,6-7H2,1-2H3,(H,16,17);1-4H,5-6H2. The second kappa shape index (κ2) is 10.2. The third-order valence-electron chi connectivity index (χ3n) is 4.85. The van der Waals surface area contributed by atoms with Crippen LogP contribution in [-0.2, 0) is 28.3 Å². The number of hydrogen-bond donors (Lipinski definition) is 1. The largest absolute Gasteiger partial charge is 0.481 e. The van der Waals surface area contributed by atoms with Gasteiger partial charge in [-0.15, -0.1) is 0 Å². The summed E-state index contributed by atoms with van der Waals surface area (Å²) in [5, 5.41) is 10.8. The zero-order valence-electron chi connectivity index (χ0n) is 15.5. The normalized spacial score (nSPS) is 16.3. The number of carbonyl (C=O) groups is 2. The van der Waals surface area contributed by atoms with Crippen molar-refractivity contribution in [3.05, 3.63) is 70.3 Å². The Bertz CT molecular complexity index is 794. The number of ketones is 1. The number of rotatable bonds is 5. The summed E-state index contributed by atoms with van der Waals surface area (Å²) in [7, 11) is 0. The molecule has 0 radical (unpaired) electrons. The number of carboxylic acid groups (broad SMARTS) is 1. The number of aliphatic carboxylic acids is 1. The van der Waals surface area contributed by atoms with Crippen LogP contribution in [0.1, 0.15) is 46.5 Å². The van der Waals surface area contributed by atoms with Crippen LogP contribution in [0.5, 0.6) is 0 Å². The lowest BCUT2D eigenvalue weighted by Crippen LogP contribution is -2.13. The van der Waals surface area contributed by atoms with E-state index in [1.54, 1.807) is 6.92 Å². The molecule has 1 aliphatic carbocycles. The first kappa shape index (κ1) is 21.8. The second-order valence-corrected chi connectivity index (χ2v) is 8.01. The van der Waals surface area contributed by atoms with E-state index in [-0.39, 0.29) is 11.7 Å². The van der Waals surface area contributed by atoms with E-state index < -0.39 is 11.9 Å². The van der Waals surface area contributed by atoms with Crippen molar-refractivity contribution in [2.24, 2.45) is 11.8 Å². The van der Waals surface area contributed by atoms with Gasteiger partial charge in [0.15, 0.2) is 5.78 Å². The number of hydrogen-bond acceptors (Lipinski definition) is 2. The smallest absolute Gasteiger partial charge is 0.306 e. The average Bonchev–Trinajstić information content (AvgIpc) is 2.97. The van der Waals surface area contributed by atoms with Gasteiger partial charge in [-0.1, -0.05) is 88.2 Å². The fourth-order valence-corrected chi connectivity index (χ4v) is 4.29. The molecule has 0 saturated heterocycles. The van der Waals surface area contributed by atoms with Crippen LogP contribution in [0.3, 0.4) is 0 Å². The minimum absolute atomic E-state index is 0.0336. The lowest BCUT2D eigenvalue weighted by Gasteiger charge is -2.10. The Balaban J connectivity index is 0.000000223. The fourth-order valence-electron chi connectivity index (χ4n) is 3.20. The number of halogens is 2. The summed E-state index contributed by atoms with van der Waals surface area (Å²) >= 11 is 6.86. The highest BCUT2D eigenvalue weighted by Gasteiger charge is 2.29. The molecule has 0 heterocycles. The Kier molecular flexibility index (Phi) is 8.24. The molecule has 0 fully saturated rings. The van der Waals surface area contributed by atoms with Gasteiger partial charge in [0, 0.05) is 22.1 Å². The van der Waals surface area contributed by atoms with Gasteiger partial charge in [0.05, 0.1) is 5.92 Å². The Morgan fingerprint density at radius 2 is 1.63 bits per heavy atom. The number of carbonyl (C=O) groups excluding carboxylic acids is 1. The third-order valence-corrected chi connectivity index (χ3v) is 6.06. The maximum atomic E-state index is 11.9. The van der Waals surface area contributed by atoms with Crippen LogP contribution in [0.4, 0.5) is 0 Å². The number of Topliss-reactive ketones (excluding diaryl/α,β-unsaturated/α-hetero) is 1. The minimum Gasteiger partial charge on any atom is -0.481 e. The highest BCUT2D eigenvalue weighted by Crippen LogP contribution is 2.30. The quantitative estimate of drug-likeness (QED) is 0.533. The molecule has 3 rings (SSSR count). The molecule has 2 aromatic carbocycles. The van der Waals surface area contributed by atoms with E-state index >= 15 is 0 Å². The molecule has 1 aliphatic rings. The van der Waals surface area contributed by atoms with Gasteiger partial charge < -0.3 is 5.11 Å². The molecule has 1 N–H and O–H groups in total. The molecule has 2 aromatic rings. The molecule has 0 bridgehead atoms. The SMILES string of the molecule is BrCc1ccccc1CBr.CC(Cc1cccc2c1CC(C)C2=O)C(=O)O. The average molecular weight is 496 g/mol. The fraction of sp³-hybridized carbons (Fsp3) is 0.364. The van der Waals surface area contributed by atoms with Crippen LogP contribution in [0, 0.1) is 11.8 Å². The van der Waals surface area contributed by atoms with Crippen molar-refractivity contribution >= 4 is 43.6 Å². The van der Waals surface area contributed by atoms with E-state index in [2.05, 4.69) is 56.1 Å². The van der Waals surface area contributed by atoms with E-state index in [0.717, 1.165) is 33.8 Å². The predicted molar refractivity (Wildman–Crippen MR) is 116 cm³/mol. The number of fused-ring (bicyclic) bond motifs is 1. The first-order valence-electron chi connectivity index (χ1n) is 8.95. The predicted octanol–water partition coefficient (Wildman–Crippen LogP) is 5.80. The van der Waals surface area contributed by atoms with Crippen molar-refractivity contribution in [3.8, 4) is 0 Å². The minimum atomic E-state index is -0.792. The Hall–Kier alpha value is -1.46. The van der Waals surface area contributed by atoms with Gasteiger partial charge in [-0.2, -0.15) is 0 Å². The van der Waals surface area contributed by atoms with E-state index in [0.29, 0.717) is 6.42 Å². The molecular weight excluding hydrogens is 472 g/mol. The second-order valence-electron chi connectivity index (χ2n) is 6.89. The number of carboxylic acids is 1. The van der Waals surface area contributed by atoms with Crippen molar-refractivity contribution in [2.45, 2.75) is 37.3 Å². The van der Waals surface area contributed by atoms with Gasteiger partial charge in [0.1, 0.15) is 0 Å². The zero-order chi connectivity index (χ0) is 20.0. The first-order valence-corrected chi connectivity index (χ1v) is 11.2. The summed E-state index contributed by atoms with van der Waals surface area (Å²) in [4.78, 5) is 22.7. The van der Waals surface area contributed by atoms with Crippen molar-refractivity contribution < 1.29 is 14.7 Å². The van der Waals surface area contributed by atoms with E-state index in [9.17, 15) is 9.59 Å². The summed E-state index contributed by atoms with van der Waals surface area (Å²) in [5.41, 5.74) is 5.57. The Morgan fingerprint density at radius 1 is 1.07 bits per heavy atom. The van der Waals surface area contributed by atoms with Crippen LogP contribution in [0.2, 0.25) is 0 Å². The van der Waals surface area contributed by atoms with Crippen LogP contribution < -0.4 is 0 Å². The van der Waals surface area contributed by atoms with Gasteiger partial charge in [-0.25, -0.2) is 0 Å². The van der Waals surface area contributed by atoms with Crippen LogP contribution >= 0.6 is 31.9 Å². The molecule has 3 nitrogen and oxygen atoms in total. The van der Waals surface area contributed by atoms with E-state index in [1.807, 2.05) is 25.1 Å². The number of alkyl halides is 2. The monoisotopic (exact) mass is 494 g/mol.